The second-order valence-electron chi connectivity index (χ2n) is 7.59. The van der Waals surface area contributed by atoms with E-state index < -0.39 is 0 Å². The third-order valence-electron chi connectivity index (χ3n) is 4.98. The van der Waals surface area contributed by atoms with Crippen LogP contribution in [0.25, 0.3) is 16.6 Å². The standard InChI is InChI=1S/C23H26N4O3/c1-15(2)24-11-13-30-17-7-5-6-16(14-17)25-23(29)21-20(28)10-12-27-19-9-4-3-8-18(19)26-22(21)27/h3-9,14-15,24,28H,10-13H2,1-2H3,(H,25,29). The molecule has 0 spiro atoms. The monoisotopic (exact) mass is 406 g/mol. The predicted molar refractivity (Wildman–Crippen MR) is 118 cm³/mol. The first-order chi connectivity index (χ1) is 14.5. The van der Waals surface area contributed by atoms with E-state index >= 15 is 0 Å². The van der Waals surface area contributed by atoms with Crippen LogP contribution < -0.4 is 15.4 Å². The predicted octanol–water partition coefficient (Wildman–Crippen LogP) is 3.72. The highest BCUT2D eigenvalue weighted by Gasteiger charge is 2.28. The van der Waals surface area contributed by atoms with Gasteiger partial charge >= 0.3 is 0 Å². The van der Waals surface area contributed by atoms with Crippen LogP contribution in [0.4, 0.5) is 5.69 Å². The van der Waals surface area contributed by atoms with Crippen LogP contribution >= 0.6 is 0 Å². The summed E-state index contributed by atoms with van der Waals surface area (Å²) in [7, 11) is 0. The van der Waals surface area contributed by atoms with Gasteiger partial charge in [-0.2, -0.15) is 0 Å². The number of para-hydroxylation sites is 2. The summed E-state index contributed by atoms with van der Waals surface area (Å²) in [6, 6.07) is 15.4. The number of nitrogens with one attached hydrogen (secondary N) is 2. The van der Waals surface area contributed by atoms with Crippen LogP contribution in [0.15, 0.2) is 54.3 Å². The van der Waals surface area contributed by atoms with E-state index in [4.69, 9.17) is 4.74 Å². The summed E-state index contributed by atoms with van der Waals surface area (Å²) in [6.07, 6.45) is 0.391. The number of aliphatic hydroxyl groups excluding tert-OH is 1. The van der Waals surface area contributed by atoms with Crippen molar-refractivity contribution in [2.24, 2.45) is 0 Å². The maximum absolute atomic E-state index is 13.0. The number of aryl methyl sites for hydroxylation is 1. The van der Waals surface area contributed by atoms with E-state index in [9.17, 15) is 9.90 Å². The lowest BCUT2D eigenvalue weighted by atomic mass is 10.1. The Morgan fingerprint density at radius 1 is 1.23 bits per heavy atom. The highest BCUT2D eigenvalue weighted by Crippen LogP contribution is 2.30. The lowest BCUT2D eigenvalue weighted by Gasteiger charge is -2.19. The van der Waals surface area contributed by atoms with Crippen molar-refractivity contribution in [3.05, 3.63) is 60.1 Å². The summed E-state index contributed by atoms with van der Waals surface area (Å²) >= 11 is 0. The third kappa shape index (κ3) is 4.16. The Labute approximate surface area is 175 Å². The van der Waals surface area contributed by atoms with Gasteiger partial charge in [0.25, 0.3) is 5.91 Å². The van der Waals surface area contributed by atoms with Gasteiger partial charge in [0.2, 0.25) is 0 Å². The van der Waals surface area contributed by atoms with E-state index in [1.54, 1.807) is 12.1 Å². The number of hydrogen-bond donors (Lipinski definition) is 3. The third-order valence-corrected chi connectivity index (χ3v) is 4.98. The van der Waals surface area contributed by atoms with Crippen LogP contribution in [-0.4, -0.2) is 39.8 Å². The van der Waals surface area contributed by atoms with Crippen molar-refractivity contribution in [3.63, 3.8) is 0 Å². The van der Waals surface area contributed by atoms with Crippen LogP contribution in [0.1, 0.15) is 26.1 Å². The highest BCUT2D eigenvalue weighted by atomic mass is 16.5. The van der Waals surface area contributed by atoms with E-state index in [1.165, 1.54) is 0 Å². The first-order valence-electron chi connectivity index (χ1n) is 10.2. The second kappa shape index (κ2) is 8.59. The molecule has 0 saturated heterocycles. The molecular formula is C23H26N4O3. The van der Waals surface area contributed by atoms with Gasteiger partial charge in [0.05, 0.1) is 11.0 Å². The fraction of sp³-hybridized carbons (Fsp3) is 0.304. The van der Waals surface area contributed by atoms with Gasteiger partial charge in [-0.05, 0) is 24.3 Å². The summed E-state index contributed by atoms with van der Waals surface area (Å²) in [5.74, 6) is 0.835. The van der Waals surface area contributed by atoms with E-state index in [2.05, 4.69) is 29.5 Å². The van der Waals surface area contributed by atoms with Crippen molar-refractivity contribution < 1.29 is 14.6 Å². The molecule has 7 heteroatoms. The lowest BCUT2D eigenvalue weighted by molar-refractivity contribution is -0.111. The Kier molecular flexibility index (Phi) is 5.72. The van der Waals surface area contributed by atoms with Crippen molar-refractivity contribution in [1.82, 2.24) is 14.9 Å². The number of carbonyl (C=O) groups is 1. The number of imidazole rings is 1. The van der Waals surface area contributed by atoms with Crippen LogP contribution in [0.5, 0.6) is 5.75 Å². The molecule has 1 aromatic heterocycles. The number of benzene rings is 2. The summed E-state index contributed by atoms with van der Waals surface area (Å²) in [5, 5.41) is 16.6. The molecule has 2 aromatic carbocycles. The fourth-order valence-corrected chi connectivity index (χ4v) is 3.57. The number of aliphatic hydroxyl groups is 1. The van der Waals surface area contributed by atoms with Gasteiger partial charge in [0.15, 0.2) is 0 Å². The molecule has 0 atom stereocenters. The normalized spacial score (nSPS) is 13.6. The Hall–Kier alpha value is -3.32. The van der Waals surface area contributed by atoms with Crippen molar-refractivity contribution in [1.29, 1.82) is 0 Å². The van der Waals surface area contributed by atoms with E-state index in [0.29, 0.717) is 42.9 Å². The SMILES string of the molecule is CC(C)NCCOc1cccc(NC(=O)C2=C(O)CCn3c2nc2ccccc23)c1. The van der Waals surface area contributed by atoms with Gasteiger partial charge in [0, 0.05) is 37.3 Å². The van der Waals surface area contributed by atoms with Gasteiger partial charge in [-0.15, -0.1) is 0 Å². The Balaban J connectivity index is 1.51. The quantitative estimate of drug-likeness (QED) is 0.521. The molecule has 156 valence electrons. The fourth-order valence-electron chi connectivity index (χ4n) is 3.57. The van der Waals surface area contributed by atoms with Crippen molar-refractivity contribution >= 4 is 28.2 Å². The summed E-state index contributed by atoms with van der Waals surface area (Å²) < 4.78 is 7.73. The molecule has 4 rings (SSSR count). The minimum Gasteiger partial charge on any atom is -0.511 e. The van der Waals surface area contributed by atoms with Crippen molar-refractivity contribution in [3.8, 4) is 5.75 Å². The summed E-state index contributed by atoms with van der Waals surface area (Å²) in [4.78, 5) is 17.6. The minimum atomic E-state index is -0.387. The molecule has 0 bridgehead atoms. The van der Waals surface area contributed by atoms with Gasteiger partial charge in [-0.1, -0.05) is 32.0 Å². The van der Waals surface area contributed by atoms with Gasteiger partial charge in [-0.25, -0.2) is 4.98 Å². The highest BCUT2D eigenvalue weighted by molar-refractivity contribution is 6.25. The average molecular weight is 406 g/mol. The molecule has 0 radical (unpaired) electrons. The molecule has 3 aromatic rings. The molecule has 2 heterocycles. The number of allylic oxidation sites excluding steroid dienone is 1. The summed E-state index contributed by atoms with van der Waals surface area (Å²) in [5.41, 5.74) is 2.57. The van der Waals surface area contributed by atoms with Gasteiger partial charge in [0.1, 0.15) is 29.5 Å². The van der Waals surface area contributed by atoms with Crippen LogP contribution in [-0.2, 0) is 11.3 Å². The Morgan fingerprint density at radius 2 is 2.07 bits per heavy atom. The molecule has 0 aliphatic carbocycles. The van der Waals surface area contributed by atoms with Gasteiger partial charge in [-0.3, -0.25) is 4.79 Å². The molecular weight excluding hydrogens is 380 g/mol. The smallest absolute Gasteiger partial charge is 0.262 e. The van der Waals surface area contributed by atoms with Crippen LogP contribution in [0.2, 0.25) is 0 Å². The molecule has 0 unspecified atom stereocenters. The first-order valence-corrected chi connectivity index (χ1v) is 10.2. The zero-order chi connectivity index (χ0) is 21.1. The first kappa shape index (κ1) is 20.0. The number of amides is 1. The molecule has 3 N–H and O–H groups in total. The Bertz CT molecular complexity index is 1100. The number of fused-ring (bicyclic) bond motifs is 3. The molecule has 0 saturated carbocycles. The summed E-state index contributed by atoms with van der Waals surface area (Å²) in [6.45, 7) is 6.03. The topological polar surface area (TPSA) is 88.4 Å². The molecule has 0 fully saturated rings. The molecule has 7 nitrogen and oxygen atoms in total. The van der Waals surface area contributed by atoms with Crippen molar-refractivity contribution in [2.45, 2.75) is 32.9 Å². The number of rotatable bonds is 7. The zero-order valence-corrected chi connectivity index (χ0v) is 17.2. The molecule has 1 amide bonds. The van der Waals surface area contributed by atoms with Crippen LogP contribution in [0, 0.1) is 0 Å². The average Bonchev–Trinajstić information content (AvgIpc) is 3.09. The van der Waals surface area contributed by atoms with Crippen LogP contribution in [0.3, 0.4) is 0 Å². The number of ether oxygens (including phenoxy) is 1. The van der Waals surface area contributed by atoms with E-state index in [1.807, 2.05) is 41.0 Å². The van der Waals surface area contributed by atoms with Gasteiger partial charge < -0.3 is 25.0 Å². The van der Waals surface area contributed by atoms with E-state index in [0.717, 1.165) is 17.6 Å². The Morgan fingerprint density at radius 3 is 2.90 bits per heavy atom. The maximum Gasteiger partial charge on any atom is 0.262 e. The minimum absolute atomic E-state index is 0.0578. The largest absolute Gasteiger partial charge is 0.511 e. The number of hydrogen-bond acceptors (Lipinski definition) is 5. The molecule has 1 aliphatic heterocycles. The maximum atomic E-state index is 13.0. The lowest BCUT2D eigenvalue weighted by Crippen LogP contribution is -2.27. The number of aromatic nitrogens is 2. The zero-order valence-electron chi connectivity index (χ0n) is 17.2. The number of carbonyl (C=O) groups excluding carboxylic acids is 1. The van der Waals surface area contributed by atoms with E-state index in [-0.39, 0.29) is 17.2 Å². The number of anilines is 1. The number of nitrogens with zero attached hydrogens (tertiary/aromatic N) is 2. The molecule has 30 heavy (non-hydrogen) atoms. The van der Waals surface area contributed by atoms with Crippen molar-refractivity contribution in [2.75, 3.05) is 18.5 Å². The molecule has 1 aliphatic rings. The second-order valence-corrected chi connectivity index (χ2v) is 7.59.